The van der Waals surface area contributed by atoms with Crippen molar-refractivity contribution in [3.63, 3.8) is 0 Å². The van der Waals surface area contributed by atoms with Crippen molar-refractivity contribution in [1.29, 1.82) is 0 Å². The van der Waals surface area contributed by atoms with Crippen molar-refractivity contribution < 1.29 is 9.84 Å². The number of nitrogens with zero attached hydrogens (tertiary/aromatic N) is 3. The third-order valence-corrected chi connectivity index (χ3v) is 5.25. The molecule has 1 fully saturated rings. The summed E-state index contributed by atoms with van der Waals surface area (Å²) in [6, 6.07) is 0. The lowest BCUT2D eigenvalue weighted by atomic mass is 9.78. The predicted octanol–water partition coefficient (Wildman–Crippen LogP) is 2.25. The first-order chi connectivity index (χ1) is 10.5. The fraction of sp³-hybridized carbons (Fsp3) is 0.812. The average molecular weight is 330 g/mol. The number of aliphatic hydroxyl groups is 1. The highest BCUT2D eigenvalue weighted by Gasteiger charge is 2.35. The summed E-state index contributed by atoms with van der Waals surface area (Å²) < 4.78 is 6.97. The lowest BCUT2D eigenvalue weighted by Gasteiger charge is -2.42. The Kier molecular flexibility index (Phi) is 6.26. The summed E-state index contributed by atoms with van der Waals surface area (Å²) in [5, 5.41) is 15.1. The van der Waals surface area contributed by atoms with Gasteiger partial charge < -0.3 is 9.84 Å². The third kappa shape index (κ3) is 3.82. The maximum atomic E-state index is 9.89. The third-order valence-electron chi connectivity index (χ3n) is 4.78. The number of halogens is 1. The van der Waals surface area contributed by atoms with Crippen molar-refractivity contribution >= 4 is 11.6 Å². The zero-order valence-corrected chi connectivity index (χ0v) is 14.7. The first-order valence-corrected chi connectivity index (χ1v) is 8.45. The van der Waals surface area contributed by atoms with Crippen molar-refractivity contribution in [3.8, 4) is 0 Å². The van der Waals surface area contributed by atoms with Crippen molar-refractivity contribution in [1.82, 2.24) is 14.7 Å². The van der Waals surface area contributed by atoms with Crippen molar-refractivity contribution in [3.05, 3.63) is 16.4 Å². The van der Waals surface area contributed by atoms with E-state index in [1.807, 2.05) is 7.05 Å². The van der Waals surface area contributed by atoms with Gasteiger partial charge in [-0.1, -0.05) is 18.5 Å². The Bertz CT molecular complexity index is 492. The molecular weight excluding hydrogens is 302 g/mol. The minimum atomic E-state index is -0.0463. The predicted molar refractivity (Wildman–Crippen MR) is 88.1 cm³/mol. The van der Waals surface area contributed by atoms with Gasteiger partial charge in [0.1, 0.15) is 5.15 Å². The van der Waals surface area contributed by atoms with Crippen LogP contribution in [-0.4, -0.2) is 53.2 Å². The van der Waals surface area contributed by atoms with Gasteiger partial charge in [-0.05, 0) is 32.2 Å². The van der Waals surface area contributed by atoms with Crippen LogP contribution in [0.2, 0.25) is 5.15 Å². The Hall–Kier alpha value is -0.620. The van der Waals surface area contributed by atoms with Crippen molar-refractivity contribution in [2.45, 2.75) is 39.2 Å². The molecule has 2 heterocycles. The summed E-state index contributed by atoms with van der Waals surface area (Å²) in [5.74, 6) is 0. The number of rotatable bonds is 7. The summed E-state index contributed by atoms with van der Waals surface area (Å²) in [6.45, 7) is 5.76. The lowest BCUT2D eigenvalue weighted by Crippen LogP contribution is -2.45. The van der Waals surface area contributed by atoms with Gasteiger partial charge in [0.25, 0.3) is 0 Å². The summed E-state index contributed by atoms with van der Waals surface area (Å²) in [6.07, 6.45) is 3.95. The standard InChI is InChI=1S/C16H28ClN3O2/c1-4-14-13(15(17)19(2)18-14)10-20-8-5-6-16(11-20,12-21)7-9-22-3/h21H,4-12H2,1-3H3/t16-/m0/s1. The second-order valence-corrected chi connectivity index (χ2v) is 6.77. The molecule has 0 aromatic carbocycles. The van der Waals surface area contributed by atoms with E-state index in [0.29, 0.717) is 6.61 Å². The molecule has 1 atom stereocenters. The fourth-order valence-electron chi connectivity index (χ4n) is 3.44. The van der Waals surface area contributed by atoms with Crippen LogP contribution in [-0.2, 0) is 24.8 Å². The summed E-state index contributed by atoms with van der Waals surface area (Å²) in [7, 11) is 3.60. The molecule has 1 aromatic rings. The summed E-state index contributed by atoms with van der Waals surface area (Å²) in [4.78, 5) is 2.40. The molecule has 2 rings (SSSR count). The molecular formula is C16H28ClN3O2. The molecule has 126 valence electrons. The van der Waals surface area contributed by atoms with E-state index in [1.165, 1.54) is 0 Å². The van der Waals surface area contributed by atoms with Gasteiger partial charge in [-0.25, -0.2) is 0 Å². The molecule has 1 N–H and O–H groups in total. The maximum absolute atomic E-state index is 9.89. The number of hydrogen-bond acceptors (Lipinski definition) is 4. The summed E-state index contributed by atoms with van der Waals surface area (Å²) in [5.41, 5.74) is 2.16. The van der Waals surface area contributed by atoms with Crippen LogP contribution in [0.25, 0.3) is 0 Å². The van der Waals surface area contributed by atoms with Crippen LogP contribution in [0.1, 0.15) is 37.4 Å². The molecule has 0 unspecified atom stereocenters. The van der Waals surface area contributed by atoms with E-state index >= 15 is 0 Å². The first kappa shape index (κ1) is 17.7. The fourth-order valence-corrected chi connectivity index (χ4v) is 3.65. The molecule has 0 aliphatic carbocycles. The Morgan fingerprint density at radius 2 is 2.23 bits per heavy atom. The van der Waals surface area contributed by atoms with Crippen molar-refractivity contribution in [2.75, 3.05) is 33.4 Å². The summed E-state index contributed by atoms with van der Waals surface area (Å²) >= 11 is 6.40. The Morgan fingerprint density at radius 3 is 2.86 bits per heavy atom. The minimum absolute atomic E-state index is 0.0463. The maximum Gasteiger partial charge on any atom is 0.131 e. The van der Waals surface area contributed by atoms with Gasteiger partial charge in [0, 0.05) is 44.8 Å². The van der Waals surface area contributed by atoms with Crippen molar-refractivity contribution in [2.24, 2.45) is 12.5 Å². The molecule has 5 nitrogen and oxygen atoms in total. The van der Waals surface area contributed by atoms with E-state index in [2.05, 4.69) is 16.9 Å². The van der Waals surface area contributed by atoms with E-state index in [1.54, 1.807) is 11.8 Å². The van der Waals surface area contributed by atoms with Gasteiger partial charge >= 0.3 is 0 Å². The number of hydrogen-bond donors (Lipinski definition) is 1. The molecule has 1 saturated heterocycles. The number of aliphatic hydroxyl groups excluding tert-OH is 1. The van der Waals surface area contributed by atoms with Gasteiger partial charge in [0.2, 0.25) is 0 Å². The molecule has 22 heavy (non-hydrogen) atoms. The lowest BCUT2D eigenvalue weighted by molar-refractivity contribution is 0.00469. The van der Waals surface area contributed by atoms with Gasteiger partial charge in [-0.15, -0.1) is 0 Å². The molecule has 0 spiro atoms. The molecule has 0 radical (unpaired) electrons. The van der Waals surface area contributed by atoms with E-state index in [9.17, 15) is 5.11 Å². The zero-order valence-electron chi connectivity index (χ0n) is 13.9. The molecule has 1 aliphatic heterocycles. The normalized spacial score (nSPS) is 23.1. The number of methoxy groups -OCH3 is 1. The van der Waals surface area contributed by atoms with Gasteiger partial charge in [0.05, 0.1) is 12.3 Å². The SMILES string of the molecule is CCc1nn(C)c(Cl)c1CN1CCC[C@](CO)(CCOC)C1. The highest BCUT2D eigenvalue weighted by atomic mass is 35.5. The van der Waals surface area contributed by atoms with Gasteiger partial charge in [0.15, 0.2) is 0 Å². The monoisotopic (exact) mass is 329 g/mol. The average Bonchev–Trinajstić information content (AvgIpc) is 2.81. The van der Waals surface area contributed by atoms with Gasteiger partial charge in [-0.3, -0.25) is 9.58 Å². The van der Waals surface area contributed by atoms with Crippen LogP contribution >= 0.6 is 11.6 Å². The number of aryl methyl sites for hydroxylation is 2. The van der Waals surface area contributed by atoms with Crippen LogP contribution in [0.5, 0.6) is 0 Å². The molecule has 1 aromatic heterocycles. The smallest absolute Gasteiger partial charge is 0.131 e. The minimum Gasteiger partial charge on any atom is -0.396 e. The highest BCUT2D eigenvalue weighted by Crippen LogP contribution is 2.34. The Balaban J connectivity index is 2.10. The zero-order chi connectivity index (χ0) is 16.2. The molecule has 1 aliphatic rings. The molecule has 0 amide bonds. The van der Waals surface area contributed by atoms with E-state index < -0.39 is 0 Å². The van der Waals surface area contributed by atoms with Crippen LogP contribution in [0.15, 0.2) is 0 Å². The molecule has 0 bridgehead atoms. The number of ether oxygens (including phenoxy) is 1. The largest absolute Gasteiger partial charge is 0.396 e. The number of piperidine rings is 1. The van der Waals surface area contributed by atoms with Crippen LogP contribution in [0.3, 0.4) is 0 Å². The number of aromatic nitrogens is 2. The quantitative estimate of drug-likeness (QED) is 0.833. The Labute approximate surface area is 138 Å². The van der Waals surface area contributed by atoms with Crippen LogP contribution in [0.4, 0.5) is 0 Å². The first-order valence-electron chi connectivity index (χ1n) is 8.07. The molecule has 6 heteroatoms. The molecule has 0 saturated carbocycles. The van der Waals surface area contributed by atoms with E-state index in [-0.39, 0.29) is 12.0 Å². The highest BCUT2D eigenvalue weighted by molar-refractivity contribution is 6.30. The van der Waals surface area contributed by atoms with Crippen LogP contribution in [0, 0.1) is 5.41 Å². The van der Waals surface area contributed by atoms with Crippen LogP contribution < -0.4 is 0 Å². The number of likely N-dealkylation sites (tertiary alicyclic amines) is 1. The van der Waals surface area contributed by atoms with Gasteiger partial charge in [-0.2, -0.15) is 5.10 Å². The van der Waals surface area contributed by atoms with E-state index in [0.717, 1.165) is 61.7 Å². The second-order valence-electron chi connectivity index (χ2n) is 6.41. The van der Waals surface area contributed by atoms with E-state index in [4.69, 9.17) is 16.3 Å². The Morgan fingerprint density at radius 1 is 1.45 bits per heavy atom. The second kappa shape index (κ2) is 7.77. The topological polar surface area (TPSA) is 50.5 Å².